The average Bonchev–Trinajstić information content (AvgIpc) is 2.73. The molecular weight excluding hydrogens is 371 g/mol. The molecule has 0 N–H and O–H groups in total. The Morgan fingerprint density at radius 2 is 1.83 bits per heavy atom. The highest BCUT2D eigenvalue weighted by Crippen LogP contribution is 2.23. The molecule has 0 radical (unpaired) electrons. The van der Waals surface area contributed by atoms with Crippen molar-refractivity contribution in [1.29, 1.82) is 0 Å². The van der Waals surface area contributed by atoms with Crippen molar-refractivity contribution in [3.05, 3.63) is 88.6 Å². The number of likely N-dealkylation sites (tertiary alicyclic amines) is 1. The van der Waals surface area contributed by atoms with Crippen molar-refractivity contribution in [1.82, 2.24) is 9.47 Å². The molecule has 0 aliphatic carbocycles. The van der Waals surface area contributed by atoms with E-state index >= 15 is 0 Å². The minimum atomic E-state index is -0.303. The Morgan fingerprint density at radius 1 is 1.07 bits per heavy atom. The van der Waals surface area contributed by atoms with Crippen LogP contribution in [0.15, 0.2) is 71.7 Å². The van der Waals surface area contributed by atoms with Crippen LogP contribution in [0.4, 0.5) is 4.39 Å². The lowest BCUT2D eigenvalue weighted by Gasteiger charge is -2.39. The van der Waals surface area contributed by atoms with Crippen LogP contribution in [-0.2, 0) is 6.61 Å². The third-order valence-corrected chi connectivity index (χ3v) is 5.08. The predicted molar refractivity (Wildman–Crippen MR) is 109 cm³/mol. The van der Waals surface area contributed by atoms with Crippen LogP contribution < -0.4 is 15.0 Å². The fourth-order valence-corrected chi connectivity index (χ4v) is 3.28. The second kappa shape index (κ2) is 8.49. The Kier molecular flexibility index (Phi) is 5.62. The lowest BCUT2D eigenvalue weighted by Crippen LogP contribution is -2.50. The zero-order valence-corrected chi connectivity index (χ0v) is 16.3. The highest BCUT2D eigenvalue weighted by Gasteiger charge is 2.27. The zero-order chi connectivity index (χ0) is 20.2. The number of rotatable bonds is 7. The summed E-state index contributed by atoms with van der Waals surface area (Å²) in [5.41, 5.74) is 1.27. The van der Waals surface area contributed by atoms with Gasteiger partial charge in [-0.25, -0.2) is 4.39 Å². The summed E-state index contributed by atoms with van der Waals surface area (Å²) in [5.74, 6) is 0.724. The van der Waals surface area contributed by atoms with Crippen molar-refractivity contribution in [2.24, 2.45) is 0 Å². The highest BCUT2D eigenvalue weighted by atomic mass is 19.1. The number of benzene rings is 2. The van der Waals surface area contributed by atoms with Crippen molar-refractivity contribution < 1.29 is 13.9 Å². The van der Waals surface area contributed by atoms with Gasteiger partial charge in [-0.1, -0.05) is 19.1 Å². The summed E-state index contributed by atoms with van der Waals surface area (Å²) in [6, 6.07) is 16.9. The average molecular weight is 394 g/mol. The zero-order valence-electron chi connectivity index (χ0n) is 16.3. The van der Waals surface area contributed by atoms with Gasteiger partial charge in [0.2, 0.25) is 0 Å². The van der Waals surface area contributed by atoms with Gasteiger partial charge in [-0.3, -0.25) is 14.3 Å². The molecule has 2 heterocycles. The minimum absolute atomic E-state index is 0.136. The SMILES string of the molecule is CCN1CCC1Oc1ccc(-n2cccc(OCc3ccc(F)cc3)c2=O)cc1. The first-order chi connectivity index (χ1) is 14.1. The quantitative estimate of drug-likeness (QED) is 0.608. The van der Waals surface area contributed by atoms with E-state index in [-0.39, 0.29) is 30.0 Å². The molecule has 6 heteroatoms. The van der Waals surface area contributed by atoms with Gasteiger partial charge in [-0.2, -0.15) is 0 Å². The van der Waals surface area contributed by atoms with Crippen LogP contribution in [0.3, 0.4) is 0 Å². The van der Waals surface area contributed by atoms with Gasteiger partial charge in [0.15, 0.2) is 12.0 Å². The standard InChI is InChI=1S/C23H23FN2O3/c1-2-25-15-13-22(25)29-20-11-9-19(10-12-20)26-14-3-4-21(23(26)27)28-16-17-5-7-18(24)8-6-17/h3-12,14,22H,2,13,15-16H2,1H3. The normalized spacial score (nSPS) is 16.3. The summed E-state index contributed by atoms with van der Waals surface area (Å²) in [4.78, 5) is 15.0. The van der Waals surface area contributed by atoms with E-state index in [9.17, 15) is 9.18 Å². The van der Waals surface area contributed by atoms with Crippen molar-refractivity contribution >= 4 is 0 Å². The van der Waals surface area contributed by atoms with Crippen LogP contribution in [0.2, 0.25) is 0 Å². The molecule has 0 bridgehead atoms. The largest absolute Gasteiger partial charge is 0.483 e. The summed E-state index contributed by atoms with van der Waals surface area (Å²) >= 11 is 0. The number of pyridine rings is 1. The molecule has 5 nitrogen and oxygen atoms in total. The third kappa shape index (κ3) is 4.32. The molecule has 1 atom stereocenters. The van der Waals surface area contributed by atoms with Gasteiger partial charge < -0.3 is 9.47 Å². The van der Waals surface area contributed by atoms with Crippen molar-refractivity contribution in [3.63, 3.8) is 0 Å². The monoisotopic (exact) mass is 394 g/mol. The molecule has 1 aromatic heterocycles. The topological polar surface area (TPSA) is 43.7 Å². The van der Waals surface area contributed by atoms with Crippen LogP contribution in [-0.4, -0.2) is 28.8 Å². The number of aromatic nitrogens is 1. The summed E-state index contributed by atoms with van der Waals surface area (Å²) in [6.07, 6.45) is 2.87. The number of ether oxygens (including phenoxy) is 2. The van der Waals surface area contributed by atoms with Gasteiger partial charge in [0.25, 0.3) is 5.56 Å². The van der Waals surface area contributed by atoms with E-state index in [1.165, 1.54) is 16.7 Å². The first-order valence-electron chi connectivity index (χ1n) is 9.74. The Balaban J connectivity index is 1.46. The molecule has 0 amide bonds. The molecule has 1 unspecified atom stereocenters. The number of hydrogen-bond acceptors (Lipinski definition) is 4. The van der Waals surface area contributed by atoms with E-state index in [1.807, 2.05) is 24.3 Å². The van der Waals surface area contributed by atoms with Gasteiger partial charge in [-0.15, -0.1) is 0 Å². The molecule has 1 fully saturated rings. The Labute approximate surface area is 168 Å². The number of nitrogens with zero attached hydrogens (tertiary/aromatic N) is 2. The van der Waals surface area contributed by atoms with Crippen molar-refractivity contribution in [2.45, 2.75) is 26.2 Å². The van der Waals surface area contributed by atoms with E-state index in [1.54, 1.807) is 30.5 Å². The molecule has 0 saturated carbocycles. The van der Waals surface area contributed by atoms with E-state index in [2.05, 4.69) is 11.8 Å². The molecule has 0 spiro atoms. The molecular formula is C23H23FN2O3. The van der Waals surface area contributed by atoms with Gasteiger partial charge in [0.1, 0.15) is 18.2 Å². The first kappa shape index (κ1) is 19.2. The molecule has 1 aliphatic heterocycles. The molecule has 29 heavy (non-hydrogen) atoms. The van der Waals surface area contributed by atoms with Crippen LogP contribution >= 0.6 is 0 Å². The van der Waals surface area contributed by atoms with Gasteiger partial charge in [0, 0.05) is 24.8 Å². The predicted octanol–water partition coefficient (Wildman–Crippen LogP) is 3.99. The van der Waals surface area contributed by atoms with Crippen LogP contribution in [0.25, 0.3) is 5.69 Å². The molecule has 3 aromatic rings. The Hall–Kier alpha value is -3.12. The highest BCUT2D eigenvalue weighted by molar-refractivity contribution is 5.39. The van der Waals surface area contributed by atoms with Gasteiger partial charge in [0.05, 0.1) is 0 Å². The minimum Gasteiger partial charge on any atom is -0.483 e. The molecule has 1 saturated heterocycles. The van der Waals surface area contributed by atoms with Crippen LogP contribution in [0.1, 0.15) is 18.9 Å². The molecule has 2 aromatic carbocycles. The maximum absolute atomic E-state index is 13.0. The summed E-state index contributed by atoms with van der Waals surface area (Å²) < 4.78 is 26.2. The lowest BCUT2D eigenvalue weighted by atomic mass is 10.2. The Morgan fingerprint density at radius 3 is 2.48 bits per heavy atom. The fourth-order valence-electron chi connectivity index (χ4n) is 3.28. The van der Waals surface area contributed by atoms with E-state index < -0.39 is 0 Å². The number of hydrogen-bond donors (Lipinski definition) is 0. The summed E-state index contributed by atoms with van der Waals surface area (Å²) in [7, 11) is 0. The van der Waals surface area contributed by atoms with E-state index in [0.717, 1.165) is 36.5 Å². The van der Waals surface area contributed by atoms with Gasteiger partial charge in [-0.05, 0) is 60.6 Å². The fraction of sp³-hybridized carbons (Fsp3) is 0.261. The second-order valence-electron chi connectivity index (χ2n) is 6.95. The molecule has 1 aliphatic rings. The summed E-state index contributed by atoms with van der Waals surface area (Å²) in [6.45, 7) is 4.36. The number of halogens is 1. The lowest BCUT2D eigenvalue weighted by molar-refractivity contribution is -0.0505. The van der Waals surface area contributed by atoms with Crippen molar-refractivity contribution in [2.75, 3.05) is 13.1 Å². The Bertz CT molecular complexity index is 1010. The van der Waals surface area contributed by atoms with Gasteiger partial charge >= 0.3 is 0 Å². The molecule has 150 valence electrons. The van der Waals surface area contributed by atoms with Crippen LogP contribution in [0, 0.1) is 5.82 Å². The summed E-state index contributed by atoms with van der Waals surface area (Å²) in [5, 5.41) is 0. The van der Waals surface area contributed by atoms with Crippen molar-refractivity contribution in [3.8, 4) is 17.2 Å². The first-order valence-corrected chi connectivity index (χ1v) is 9.74. The molecule has 4 rings (SSSR count). The van der Waals surface area contributed by atoms with E-state index in [0.29, 0.717) is 0 Å². The second-order valence-corrected chi connectivity index (χ2v) is 6.95. The third-order valence-electron chi connectivity index (χ3n) is 5.08. The smallest absolute Gasteiger partial charge is 0.297 e. The van der Waals surface area contributed by atoms with Crippen LogP contribution in [0.5, 0.6) is 11.5 Å². The van der Waals surface area contributed by atoms with E-state index in [4.69, 9.17) is 9.47 Å². The maximum Gasteiger partial charge on any atom is 0.297 e. The maximum atomic E-state index is 13.0.